The van der Waals surface area contributed by atoms with Crippen LogP contribution >= 0.6 is 0 Å². The van der Waals surface area contributed by atoms with Crippen molar-refractivity contribution in [2.75, 3.05) is 12.8 Å². The predicted octanol–water partition coefficient (Wildman–Crippen LogP) is 1.42. The van der Waals surface area contributed by atoms with Gasteiger partial charge in [-0.05, 0) is 44.0 Å². The summed E-state index contributed by atoms with van der Waals surface area (Å²) in [4.78, 5) is 26.1. The maximum Gasteiger partial charge on any atom is 0.328 e. The fourth-order valence-electron chi connectivity index (χ4n) is 3.39. The van der Waals surface area contributed by atoms with E-state index in [1.807, 2.05) is 12.1 Å². The van der Waals surface area contributed by atoms with Crippen LogP contribution in [0.3, 0.4) is 0 Å². The second-order valence-electron chi connectivity index (χ2n) is 8.04. The van der Waals surface area contributed by atoms with Crippen LogP contribution in [0, 0.1) is 11.8 Å². The lowest BCUT2D eigenvalue weighted by molar-refractivity contribution is -0.131. The standard InChI is InChI=1S/C22H25N3O6S/c1-15(26)18-8-6-16(7-9-18)4-5-17-12-19-14-24(21(28)25(19)13-17)11-10-22(2,20(27)23-29)32(3,30)31/h6-9,12-13,15,26,29H,10-11,14H2,1-3H3,(H,23,27)/t15-,22-/m1/s1. The highest BCUT2D eigenvalue weighted by Gasteiger charge is 2.44. The molecule has 1 aliphatic rings. The van der Waals surface area contributed by atoms with Gasteiger partial charge in [0.05, 0.1) is 12.6 Å². The number of benzene rings is 1. The van der Waals surface area contributed by atoms with Crippen LogP contribution in [0.4, 0.5) is 4.79 Å². The quantitative estimate of drug-likeness (QED) is 0.340. The normalized spacial score (nSPS) is 16.0. The molecule has 1 aromatic heterocycles. The van der Waals surface area contributed by atoms with Crippen molar-refractivity contribution in [1.82, 2.24) is 14.9 Å². The Morgan fingerprint density at radius 3 is 2.41 bits per heavy atom. The van der Waals surface area contributed by atoms with Crippen LogP contribution in [-0.2, 0) is 21.2 Å². The molecule has 0 unspecified atom stereocenters. The lowest BCUT2D eigenvalue weighted by Gasteiger charge is -2.27. The third-order valence-electron chi connectivity index (χ3n) is 5.73. The first-order valence-electron chi connectivity index (χ1n) is 9.91. The van der Waals surface area contributed by atoms with Crippen LogP contribution in [0.2, 0.25) is 0 Å². The number of sulfone groups is 1. The molecule has 1 aromatic carbocycles. The minimum atomic E-state index is -3.84. The molecule has 2 heterocycles. The Labute approximate surface area is 186 Å². The number of nitrogens with one attached hydrogen (secondary N) is 1. The summed E-state index contributed by atoms with van der Waals surface area (Å²) < 4.78 is 23.8. The van der Waals surface area contributed by atoms with Gasteiger partial charge in [-0.25, -0.2) is 18.7 Å². The molecule has 32 heavy (non-hydrogen) atoms. The zero-order valence-corrected chi connectivity index (χ0v) is 18.8. The van der Waals surface area contributed by atoms with Crippen LogP contribution in [0.1, 0.15) is 48.8 Å². The van der Waals surface area contributed by atoms with E-state index in [0.29, 0.717) is 11.3 Å². The average Bonchev–Trinajstić information content (AvgIpc) is 3.27. The number of hydrogen-bond donors (Lipinski definition) is 3. The van der Waals surface area contributed by atoms with E-state index in [-0.39, 0.29) is 25.5 Å². The monoisotopic (exact) mass is 459 g/mol. The lowest BCUT2D eigenvalue weighted by atomic mass is 10.1. The first-order chi connectivity index (χ1) is 15.0. The van der Waals surface area contributed by atoms with Crippen molar-refractivity contribution < 1.29 is 28.3 Å². The summed E-state index contributed by atoms with van der Waals surface area (Å²) in [6, 6.07) is 8.68. The fraction of sp³-hybridized carbons (Fsp3) is 0.364. The summed E-state index contributed by atoms with van der Waals surface area (Å²) >= 11 is 0. The zero-order valence-electron chi connectivity index (χ0n) is 18.0. The van der Waals surface area contributed by atoms with Gasteiger partial charge in [-0.2, -0.15) is 0 Å². The molecular formula is C22H25N3O6S. The van der Waals surface area contributed by atoms with E-state index >= 15 is 0 Å². The number of amides is 2. The average molecular weight is 460 g/mol. The molecule has 3 rings (SSSR count). The van der Waals surface area contributed by atoms with Gasteiger partial charge >= 0.3 is 6.03 Å². The molecule has 3 N–H and O–H groups in total. The van der Waals surface area contributed by atoms with Crippen molar-refractivity contribution in [3.63, 3.8) is 0 Å². The Bertz CT molecular complexity index is 1200. The Kier molecular flexibility index (Phi) is 6.46. The van der Waals surface area contributed by atoms with Gasteiger partial charge < -0.3 is 10.0 Å². The molecule has 2 atom stereocenters. The minimum Gasteiger partial charge on any atom is -0.389 e. The van der Waals surface area contributed by atoms with Crippen molar-refractivity contribution in [2.45, 2.75) is 37.7 Å². The number of hydroxylamine groups is 1. The molecule has 0 fully saturated rings. The minimum absolute atomic E-state index is 0.0220. The highest BCUT2D eigenvalue weighted by atomic mass is 32.2. The third kappa shape index (κ3) is 4.55. The Balaban J connectivity index is 1.70. The smallest absolute Gasteiger partial charge is 0.328 e. The van der Waals surface area contributed by atoms with E-state index in [1.165, 1.54) is 21.9 Å². The molecule has 2 amide bonds. The lowest BCUT2D eigenvalue weighted by Crippen LogP contribution is -2.50. The van der Waals surface area contributed by atoms with Gasteiger partial charge in [-0.1, -0.05) is 24.0 Å². The maximum atomic E-state index is 12.7. The number of carbonyl (C=O) groups is 2. The van der Waals surface area contributed by atoms with E-state index in [1.54, 1.807) is 31.3 Å². The number of rotatable bonds is 6. The van der Waals surface area contributed by atoms with Crippen LogP contribution < -0.4 is 5.48 Å². The Morgan fingerprint density at radius 1 is 1.25 bits per heavy atom. The summed E-state index contributed by atoms with van der Waals surface area (Å²) in [5.74, 6) is 4.99. The molecule has 0 radical (unpaired) electrons. The first kappa shape index (κ1) is 23.5. The Hall–Kier alpha value is -3.13. The second kappa shape index (κ2) is 8.78. The third-order valence-corrected chi connectivity index (χ3v) is 7.76. The Morgan fingerprint density at radius 2 is 1.88 bits per heavy atom. The summed E-state index contributed by atoms with van der Waals surface area (Å²) in [6.07, 6.45) is 1.82. The maximum absolute atomic E-state index is 12.7. The van der Waals surface area contributed by atoms with Gasteiger partial charge in [0.2, 0.25) is 0 Å². The zero-order chi connectivity index (χ0) is 23.7. The summed E-state index contributed by atoms with van der Waals surface area (Å²) in [7, 11) is -3.84. The number of carbonyl (C=O) groups excluding carboxylic acids is 2. The van der Waals surface area contributed by atoms with Crippen LogP contribution in [-0.4, -0.2) is 57.7 Å². The van der Waals surface area contributed by atoms with Gasteiger partial charge in [0, 0.05) is 35.8 Å². The highest BCUT2D eigenvalue weighted by Crippen LogP contribution is 2.25. The molecular weight excluding hydrogens is 434 g/mol. The predicted molar refractivity (Wildman–Crippen MR) is 116 cm³/mol. The van der Waals surface area contributed by atoms with Crippen molar-refractivity contribution in [1.29, 1.82) is 0 Å². The summed E-state index contributed by atoms with van der Waals surface area (Å²) in [6.45, 7) is 3.18. The van der Waals surface area contributed by atoms with Gasteiger partial charge in [0.15, 0.2) is 14.6 Å². The van der Waals surface area contributed by atoms with E-state index in [9.17, 15) is 23.1 Å². The van der Waals surface area contributed by atoms with Crippen molar-refractivity contribution in [3.05, 3.63) is 58.9 Å². The van der Waals surface area contributed by atoms with Gasteiger partial charge in [-0.15, -0.1) is 0 Å². The first-order valence-corrected chi connectivity index (χ1v) is 11.8. The number of aliphatic hydroxyl groups is 1. The van der Waals surface area contributed by atoms with Crippen molar-refractivity contribution >= 4 is 21.8 Å². The molecule has 0 aliphatic carbocycles. The van der Waals surface area contributed by atoms with E-state index in [0.717, 1.165) is 17.4 Å². The number of hydrogen-bond acceptors (Lipinski definition) is 6. The molecule has 0 bridgehead atoms. The molecule has 2 aromatic rings. The van der Waals surface area contributed by atoms with Gasteiger partial charge in [-0.3, -0.25) is 14.6 Å². The summed E-state index contributed by atoms with van der Waals surface area (Å²) in [5, 5.41) is 18.5. The molecule has 0 spiro atoms. The molecule has 10 heteroatoms. The van der Waals surface area contributed by atoms with E-state index in [2.05, 4.69) is 11.8 Å². The number of aromatic nitrogens is 1. The summed E-state index contributed by atoms with van der Waals surface area (Å²) in [5.41, 5.74) is 4.34. The SMILES string of the molecule is C[C@@H](O)c1ccc(C#Cc2cc3n(c2)C(=O)N(CC[C@](C)(C(=O)NO)S(C)(=O)=O)C3)cc1. The molecule has 1 aliphatic heterocycles. The van der Waals surface area contributed by atoms with Crippen LogP contribution in [0.25, 0.3) is 0 Å². The number of fused-ring (bicyclic) bond motifs is 1. The van der Waals surface area contributed by atoms with Crippen LogP contribution in [0.5, 0.6) is 0 Å². The molecule has 170 valence electrons. The fourth-order valence-corrected chi connectivity index (χ4v) is 4.23. The topological polar surface area (TPSA) is 129 Å². The number of aliphatic hydroxyl groups excluding tert-OH is 1. The number of nitrogens with zero attached hydrogens (tertiary/aromatic N) is 2. The largest absolute Gasteiger partial charge is 0.389 e. The molecule has 0 saturated carbocycles. The van der Waals surface area contributed by atoms with Crippen LogP contribution in [0.15, 0.2) is 36.5 Å². The van der Waals surface area contributed by atoms with Gasteiger partial charge in [0.1, 0.15) is 0 Å². The van der Waals surface area contributed by atoms with E-state index < -0.39 is 26.6 Å². The van der Waals surface area contributed by atoms with Gasteiger partial charge in [0.25, 0.3) is 5.91 Å². The van der Waals surface area contributed by atoms with E-state index in [4.69, 9.17) is 5.21 Å². The molecule has 0 saturated heterocycles. The second-order valence-corrected chi connectivity index (χ2v) is 10.5. The molecule has 9 nitrogen and oxygen atoms in total. The van der Waals surface area contributed by atoms with Crippen molar-refractivity contribution in [2.24, 2.45) is 0 Å². The van der Waals surface area contributed by atoms with Crippen molar-refractivity contribution in [3.8, 4) is 11.8 Å². The highest BCUT2D eigenvalue weighted by molar-refractivity contribution is 7.92.